The van der Waals surface area contributed by atoms with Crippen molar-refractivity contribution in [1.29, 1.82) is 0 Å². The summed E-state index contributed by atoms with van der Waals surface area (Å²) in [5.41, 5.74) is 0. The smallest absolute Gasteiger partial charge is 0.217 e. The Morgan fingerprint density at radius 2 is 2.35 bits per heavy atom. The molecule has 0 aromatic rings. The van der Waals surface area contributed by atoms with E-state index < -0.39 is 0 Å². The largest absolute Gasteiger partial charge is 0.369 e. The van der Waals surface area contributed by atoms with E-state index in [1.54, 1.807) is 13.2 Å². The average Bonchev–Trinajstić information content (AvgIpc) is 2.27. The third-order valence-corrected chi connectivity index (χ3v) is 2.73. The number of methoxy groups -OCH3 is 1. The molecule has 1 fully saturated rings. The van der Waals surface area contributed by atoms with Gasteiger partial charge in [-0.15, -0.1) is 6.58 Å². The second kappa shape index (κ2) is 6.74. The van der Waals surface area contributed by atoms with Crippen LogP contribution in [0.5, 0.6) is 0 Å². The van der Waals surface area contributed by atoms with Gasteiger partial charge < -0.3 is 19.5 Å². The van der Waals surface area contributed by atoms with Crippen LogP contribution in [0.1, 0.15) is 20.3 Å². The predicted molar refractivity (Wildman–Crippen MR) is 63.5 cm³/mol. The summed E-state index contributed by atoms with van der Waals surface area (Å²) in [6.07, 6.45) is 1.65. The molecule has 5 nitrogen and oxygen atoms in total. The number of hydrogen-bond acceptors (Lipinski definition) is 4. The third-order valence-electron chi connectivity index (χ3n) is 2.73. The van der Waals surface area contributed by atoms with Crippen LogP contribution in [0.2, 0.25) is 0 Å². The van der Waals surface area contributed by atoms with E-state index in [9.17, 15) is 4.79 Å². The molecule has 1 rings (SSSR count). The molecule has 0 aromatic carbocycles. The Morgan fingerprint density at radius 1 is 1.65 bits per heavy atom. The molecular formula is C12H21NO4. The Bertz CT molecular complexity index is 269. The van der Waals surface area contributed by atoms with Gasteiger partial charge in [0.25, 0.3) is 0 Å². The van der Waals surface area contributed by atoms with E-state index in [-0.39, 0.29) is 30.4 Å². The minimum Gasteiger partial charge on any atom is -0.369 e. The van der Waals surface area contributed by atoms with Gasteiger partial charge in [-0.3, -0.25) is 4.79 Å². The zero-order valence-corrected chi connectivity index (χ0v) is 10.6. The molecule has 4 atom stereocenters. The summed E-state index contributed by atoms with van der Waals surface area (Å²) in [6, 6.07) is -0.0962. The maximum atomic E-state index is 11.2. The summed E-state index contributed by atoms with van der Waals surface area (Å²) in [7, 11) is 1.59. The van der Waals surface area contributed by atoms with Crippen LogP contribution in [0, 0.1) is 0 Å². The summed E-state index contributed by atoms with van der Waals surface area (Å²) in [4.78, 5) is 11.2. The number of amides is 1. The fourth-order valence-electron chi connectivity index (χ4n) is 2.03. The Hall–Kier alpha value is -0.910. The van der Waals surface area contributed by atoms with Crippen LogP contribution in [0.4, 0.5) is 0 Å². The average molecular weight is 243 g/mol. The lowest BCUT2D eigenvalue weighted by Gasteiger charge is -2.39. The number of carbonyl (C=O) groups excluding carboxylic acids is 1. The van der Waals surface area contributed by atoms with Crippen LogP contribution in [0.15, 0.2) is 12.7 Å². The van der Waals surface area contributed by atoms with Crippen molar-refractivity contribution in [3.8, 4) is 0 Å². The number of rotatable bonds is 5. The summed E-state index contributed by atoms with van der Waals surface area (Å²) >= 11 is 0. The van der Waals surface area contributed by atoms with Gasteiger partial charge in [-0.1, -0.05) is 6.08 Å². The quantitative estimate of drug-likeness (QED) is 0.727. The molecule has 1 amide bonds. The lowest BCUT2D eigenvalue weighted by molar-refractivity contribution is -0.222. The van der Waals surface area contributed by atoms with E-state index in [1.807, 2.05) is 6.92 Å². The van der Waals surface area contributed by atoms with E-state index in [4.69, 9.17) is 14.2 Å². The van der Waals surface area contributed by atoms with Crippen LogP contribution in [-0.4, -0.2) is 44.2 Å². The number of ether oxygens (including phenoxy) is 3. The van der Waals surface area contributed by atoms with Crippen molar-refractivity contribution < 1.29 is 19.0 Å². The Balaban J connectivity index is 2.67. The van der Waals surface area contributed by atoms with Crippen LogP contribution in [-0.2, 0) is 19.0 Å². The first-order valence-electron chi connectivity index (χ1n) is 5.76. The van der Waals surface area contributed by atoms with Crippen molar-refractivity contribution in [2.45, 2.75) is 44.8 Å². The van der Waals surface area contributed by atoms with Crippen LogP contribution in [0.3, 0.4) is 0 Å². The highest BCUT2D eigenvalue weighted by Crippen LogP contribution is 2.23. The molecule has 0 unspecified atom stereocenters. The topological polar surface area (TPSA) is 56.8 Å². The van der Waals surface area contributed by atoms with Crippen LogP contribution >= 0.6 is 0 Å². The molecule has 1 aliphatic rings. The zero-order chi connectivity index (χ0) is 12.8. The van der Waals surface area contributed by atoms with E-state index in [2.05, 4.69) is 11.9 Å². The Kier molecular flexibility index (Phi) is 5.61. The predicted octanol–water partition coefficient (Wildman–Crippen LogP) is 0.844. The van der Waals surface area contributed by atoms with Gasteiger partial charge in [0.05, 0.1) is 18.8 Å². The summed E-state index contributed by atoms with van der Waals surface area (Å²) in [5.74, 6) is -0.0776. The van der Waals surface area contributed by atoms with Gasteiger partial charge in [-0.25, -0.2) is 0 Å². The fourth-order valence-corrected chi connectivity index (χ4v) is 2.03. The minimum absolute atomic E-state index is 0.0776. The SMILES string of the molecule is C=CCO[C@H]1[C@@H](NC(C)=O)C[C@@H](OC)O[C@H]1C. The number of nitrogens with one attached hydrogen (secondary N) is 1. The molecule has 17 heavy (non-hydrogen) atoms. The molecule has 0 saturated carbocycles. The Labute approximate surface area is 102 Å². The summed E-state index contributed by atoms with van der Waals surface area (Å²) in [6.45, 7) is 7.45. The molecule has 1 heterocycles. The van der Waals surface area contributed by atoms with Crippen LogP contribution < -0.4 is 5.32 Å². The second-order valence-electron chi connectivity index (χ2n) is 4.14. The summed E-state index contributed by atoms with van der Waals surface area (Å²) in [5, 5.41) is 2.88. The molecule has 5 heteroatoms. The minimum atomic E-state index is -0.301. The van der Waals surface area contributed by atoms with Crippen molar-refractivity contribution in [2.24, 2.45) is 0 Å². The van der Waals surface area contributed by atoms with E-state index in [0.29, 0.717) is 13.0 Å². The molecule has 1 saturated heterocycles. The Morgan fingerprint density at radius 3 is 2.88 bits per heavy atom. The van der Waals surface area contributed by atoms with Gasteiger partial charge in [0.15, 0.2) is 6.29 Å². The molecule has 0 aliphatic carbocycles. The first-order valence-corrected chi connectivity index (χ1v) is 5.76. The first kappa shape index (κ1) is 14.2. The highest BCUT2D eigenvalue weighted by atomic mass is 16.7. The van der Waals surface area contributed by atoms with Crippen LogP contribution in [0.25, 0.3) is 0 Å². The monoisotopic (exact) mass is 243 g/mol. The second-order valence-corrected chi connectivity index (χ2v) is 4.14. The van der Waals surface area contributed by atoms with Crippen molar-refractivity contribution >= 4 is 5.91 Å². The highest BCUT2D eigenvalue weighted by Gasteiger charge is 2.37. The summed E-state index contributed by atoms with van der Waals surface area (Å²) < 4.78 is 16.4. The molecular weight excluding hydrogens is 222 g/mol. The van der Waals surface area contributed by atoms with Gasteiger partial charge in [-0.2, -0.15) is 0 Å². The van der Waals surface area contributed by atoms with Gasteiger partial charge in [0, 0.05) is 20.5 Å². The number of hydrogen-bond donors (Lipinski definition) is 1. The molecule has 0 radical (unpaired) electrons. The molecule has 1 N–H and O–H groups in total. The van der Waals surface area contributed by atoms with Gasteiger partial charge in [0.1, 0.15) is 6.10 Å². The van der Waals surface area contributed by atoms with Gasteiger partial charge in [-0.05, 0) is 6.92 Å². The molecule has 1 aliphatic heterocycles. The molecule has 0 aromatic heterocycles. The normalized spacial score (nSPS) is 33.1. The van der Waals surface area contributed by atoms with Crippen molar-refractivity contribution in [3.63, 3.8) is 0 Å². The molecule has 98 valence electrons. The molecule has 0 spiro atoms. The maximum absolute atomic E-state index is 11.2. The first-order chi connectivity index (χ1) is 8.08. The van der Waals surface area contributed by atoms with Crippen molar-refractivity contribution in [3.05, 3.63) is 12.7 Å². The fraction of sp³-hybridized carbons (Fsp3) is 0.750. The zero-order valence-electron chi connectivity index (χ0n) is 10.6. The maximum Gasteiger partial charge on any atom is 0.217 e. The van der Waals surface area contributed by atoms with E-state index in [1.165, 1.54) is 6.92 Å². The number of carbonyl (C=O) groups is 1. The van der Waals surface area contributed by atoms with E-state index >= 15 is 0 Å². The van der Waals surface area contributed by atoms with Crippen molar-refractivity contribution in [1.82, 2.24) is 5.32 Å². The lowest BCUT2D eigenvalue weighted by atomic mass is 9.99. The van der Waals surface area contributed by atoms with Gasteiger partial charge in [0.2, 0.25) is 5.91 Å². The highest BCUT2D eigenvalue weighted by molar-refractivity contribution is 5.73. The third kappa shape index (κ3) is 4.11. The standard InChI is InChI=1S/C12H21NO4/c1-5-6-16-12-8(2)17-11(15-4)7-10(12)13-9(3)14/h5,8,10-12H,1,6-7H2,2-4H3,(H,13,14)/t8-,10-,11-,12+/m0/s1. The lowest BCUT2D eigenvalue weighted by Crippen LogP contribution is -2.55. The van der Waals surface area contributed by atoms with Gasteiger partial charge >= 0.3 is 0 Å². The molecule has 0 bridgehead atoms. The van der Waals surface area contributed by atoms with E-state index in [0.717, 1.165) is 0 Å². The van der Waals surface area contributed by atoms with Crippen molar-refractivity contribution in [2.75, 3.05) is 13.7 Å².